The Labute approximate surface area is 187 Å². The summed E-state index contributed by atoms with van der Waals surface area (Å²) in [4.78, 5) is 27.7. The van der Waals surface area contributed by atoms with Gasteiger partial charge in [-0.1, -0.05) is 12.1 Å². The third-order valence-corrected chi connectivity index (χ3v) is 6.43. The molecule has 1 atom stereocenters. The van der Waals surface area contributed by atoms with E-state index in [2.05, 4.69) is 5.32 Å². The molecule has 31 heavy (non-hydrogen) atoms. The quantitative estimate of drug-likeness (QED) is 0.608. The van der Waals surface area contributed by atoms with Crippen LogP contribution in [0, 0.1) is 0 Å². The van der Waals surface area contributed by atoms with Gasteiger partial charge in [0.1, 0.15) is 11.9 Å². The highest BCUT2D eigenvalue weighted by Gasteiger charge is 2.36. The molecule has 3 rings (SSSR count). The summed E-state index contributed by atoms with van der Waals surface area (Å²) < 4.78 is 39.8. The summed E-state index contributed by atoms with van der Waals surface area (Å²) in [5.74, 6) is -1.61. The van der Waals surface area contributed by atoms with Crippen molar-refractivity contribution < 1.29 is 22.8 Å². The molecule has 1 aliphatic rings. The van der Waals surface area contributed by atoms with E-state index < -0.39 is 35.5 Å². The fourth-order valence-corrected chi connectivity index (χ4v) is 4.64. The number of alkyl halides is 4. The molecule has 2 aromatic rings. The molecular weight excluding hydrogens is 451 g/mol. The first kappa shape index (κ1) is 23.6. The maximum atomic E-state index is 13.3. The summed E-state index contributed by atoms with van der Waals surface area (Å²) in [6, 6.07) is 6.60. The lowest BCUT2D eigenvalue weighted by molar-refractivity contribution is -0.137. The zero-order valence-corrected chi connectivity index (χ0v) is 18.1. The highest BCUT2D eigenvalue weighted by Crippen LogP contribution is 2.36. The molecule has 1 unspecified atom stereocenters. The second-order valence-electron chi connectivity index (χ2n) is 7.48. The lowest BCUT2D eigenvalue weighted by atomic mass is 9.91. The predicted octanol–water partition coefficient (Wildman–Crippen LogP) is 4.47. The second-order valence-corrected chi connectivity index (χ2v) is 8.73. The number of hydrogen-bond donors (Lipinski definition) is 2. The van der Waals surface area contributed by atoms with E-state index in [0.717, 1.165) is 29.9 Å². The van der Waals surface area contributed by atoms with Crippen molar-refractivity contribution in [1.82, 2.24) is 5.32 Å². The van der Waals surface area contributed by atoms with Gasteiger partial charge in [0, 0.05) is 22.6 Å². The highest BCUT2D eigenvalue weighted by molar-refractivity contribution is 7.10. The molecule has 5 nitrogen and oxygen atoms in total. The maximum Gasteiger partial charge on any atom is 0.416 e. The van der Waals surface area contributed by atoms with Crippen LogP contribution in [0.25, 0.3) is 0 Å². The number of halogens is 4. The Hall–Kier alpha value is -2.10. The summed E-state index contributed by atoms with van der Waals surface area (Å²) in [7, 11) is 0. The molecule has 0 saturated heterocycles. The number of thiophene rings is 1. The summed E-state index contributed by atoms with van der Waals surface area (Å²) in [6.07, 6.45) is -1.64. The standard InChI is InChI=1S/C21H23ClF3N3O2S/c22-12-18(29)28(16-4-1-3-13(11-16)21(23,24)25)19(17-5-2-10-31-17)20(30)27-15-8-6-14(26)7-9-15/h1-5,10-11,14-15,19H,6-9,12,26H2,(H,27,30). The first-order chi connectivity index (χ1) is 14.7. The Balaban J connectivity index is 1.98. The summed E-state index contributed by atoms with van der Waals surface area (Å²) >= 11 is 7.03. The molecule has 3 N–H and O–H groups in total. The second kappa shape index (κ2) is 10.0. The van der Waals surface area contributed by atoms with Crippen molar-refractivity contribution >= 4 is 40.4 Å². The predicted molar refractivity (Wildman–Crippen MR) is 115 cm³/mol. The number of anilines is 1. The Kier molecular flexibility index (Phi) is 7.61. The summed E-state index contributed by atoms with van der Waals surface area (Å²) in [5.41, 5.74) is 4.97. The molecule has 1 aromatic carbocycles. The molecule has 1 heterocycles. The molecular formula is C21H23ClF3N3O2S. The molecule has 0 aliphatic heterocycles. The number of nitrogens with one attached hydrogen (secondary N) is 1. The smallest absolute Gasteiger partial charge is 0.351 e. The van der Waals surface area contributed by atoms with Crippen LogP contribution in [-0.2, 0) is 15.8 Å². The van der Waals surface area contributed by atoms with E-state index in [1.165, 1.54) is 23.5 Å². The molecule has 1 saturated carbocycles. The van der Waals surface area contributed by atoms with Crippen LogP contribution in [0.1, 0.15) is 42.2 Å². The minimum atomic E-state index is -4.59. The summed E-state index contributed by atoms with van der Waals surface area (Å²) in [6.45, 7) is 0. The third-order valence-electron chi connectivity index (χ3n) is 5.27. The van der Waals surface area contributed by atoms with E-state index in [1.807, 2.05) is 0 Å². The van der Waals surface area contributed by atoms with Crippen molar-refractivity contribution in [1.29, 1.82) is 0 Å². The fourth-order valence-electron chi connectivity index (χ4n) is 3.70. The monoisotopic (exact) mass is 473 g/mol. The molecule has 0 spiro atoms. The molecule has 10 heteroatoms. The topological polar surface area (TPSA) is 75.4 Å². The molecule has 0 radical (unpaired) electrons. The Bertz CT molecular complexity index is 900. The molecule has 168 valence electrons. The van der Waals surface area contributed by atoms with Crippen LogP contribution in [0.4, 0.5) is 18.9 Å². The zero-order chi connectivity index (χ0) is 22.6. The lowest BCUT2D eigenvalue weighted by Crippen LogP contribution is -2.48. The van der Waals surface area contributed by atoms with Crippen LogP contribution >= 0.6 is 22.9 Å². The van der Waals surface area contributed by atoms with Gasteiger partial charge < -0.3 is 11.1 Å². The van der Waals surface area contributed by atoms with Crippen molar-refractivity contribution in [2.24, 2.45) is 5.73 Å². The van der Waals surface area contributed by atoms with E-state index in [-0.39, 0.29) is 17.8 Å². The number of rotatable bonds is 6. The van der Waals surface area contributed by atoms with Crippen molar-refractivity contribution in [3.63, 3.8) is 0 Å². The van der Waals surface area contributed by atoms with Gasteiger partial charge in [0.15, 0.2) is 0 Å². The van der Waals surface area contributed by atoms with Crippen molar-refractivity contribution in [3.05, 3.63) is 52.2 Å². The van der Waals surface area contributed by atoms with E-state index in [1.54, 1.807) is 17.5 Å². The summed E-state index contributed by atoms with van der Waals surface area (Å²) in [5, 5.41) is 4.70. The van der Waals surface area contributed by atoms with Crippen LogP contribution in [0.2, 0.25) is 0 Å². The largest absolute Gasteiger partial charge is 0.416 e. The van der Waals surface area contributed by atoms with E-state index in [4.69, 9.17) is 17.3 Å². The fraction of sp³-hybridized carbons (Fsp3) is 0.429. The third kappa shape index (κ3) is 5.78. The average molecular weight is 474 g/mol. The highest BCUT2D eigenvalue weighted by atomic mass is 35.5. The molecule has 0 bridgehead atoms. The van der Waals surface area contributed by atoms with Gasteiger partial charge >= 0.3 is 6.18 Å². The number of hydrogen-bond acceptors (Lipinski definition) is 4. The van der Waals surface area contributed by atoms with E-state index >= 15 is 0 Å². The zero-order valence-electron chi connectivity index (χ0n) is 16.6. The van der Waals surface area contributed by atoms with Crippen LogP contribution in [0.15, 0.2) is 41.8 Å². The van der Waals surface area contributed by atoms with Crippen molar-refractivity contribution in [2.45, 2.75) is 50.0 Å². The van der Waals surface area contributed by atoms with Crippen molar-refractivity contribution in [2.75, 3.05) is 10.8 Å². The van der Waals surface area contributed by atoms with Gasteiger partial charge in [-0.3, -0.25) is 14.5 Å². The van der Waals surface area contributed by atoms with E-state index in [9.17, 15) is 22.8 Å². The molecule has 1 aliphatic carbocycles. The van der Waals surface area contributed by atoms with Gasteiger partial charge in [-0.05, 0) is 55.3 Å². The Morgan fingerprint density at radius 3 is 2.48 bits per heavy atom. The van der Waals surface area contributed by atoms with Gasteiger partial charge in [-0.25, -0.2) is 0 Å². The Morgan fingerprint density at radius 1 is 1.19 bits per heavy atom. The maximum absolute atomic E-state index is 13.3. The first-order valence-corrected chi connectivity index (χ1v) is 11.3. The van der Waals surface area contributed by atoms with Gasteiger partial charge in [0.05, 0.1) is 5.56 Å². The normalized spacial score (nSPS) is 20.2. The minimum absolute atomic E-state index is 0.0420. The number of benzene rings is 1. The number of nitrogens with zero attached hydrogens (tertiary/aromatic N) is 1. The number of carbonyl (C=O) groups excluding carboxylic acids is 2. The number of carbonyl (C=O) groups is 2. The van der Waals surface area contributed by atoms with Crippen LogP contribution in [0.5, 0.6) is 0 Å². The Morgan fingerprint density at radius 2 is 1.90 bits per heavy atom. The van der Waals surface area contributed by atoms with Gasteiger partial charge in [-0.2, -0.15) is 13.2 Å². The number of nitrogens with two attached hydrogens (primary N) is 1. The lowest BCUT2D eigenvalue weighted by Gasteiger charge is -2.33. The van der Waals surface area contributed by atoms with Gasteiger partial charge in [-0.15, -0.1) is 22.9 Å². The molecule has 2 amide bonds. The van der Waals surface area contributed by atoms with E-state index in [0.29, 0.717) is 17.7 Å². The average Bonchev–Trinajstić information content (AvgIpc) is 3.26. The first-order valence-electron chi connectivity index (χ1n) is 9.85. The van der Waals surface area contributed by atoms with Crippen LogP contribution in [-0.4, -0.2) is 29.8 Å². The molecule has 1 fully saturated rings. The number of amides is 2. The minimum Gasteiger partial charge on any atom is -0.351 e. The molecule has 1 aromatic heterocycles. The van der Waals surface area contributed by atoms with Crippen LogP contribution in [0.3, 0.4) is 0 Å². The van der Waals surface area contributed by atoms with Crippen LogP contribution < -0.4 is 16.0 Å². The van der Waals surface area contributed by atoms with Gasteiger partial charge in [0.25, 0.3) is 0 Å². The van der Waals surface area contributed by atoms with Crippen molar-refractivity contribution in [3.8, 4) is 0 Å². The SMILES string of the molecule is NC1CCC(NC(=O)C(c2cccs2)N(C(=O)CCl)c2cccc(C(F)(F)F)c2)CC1. The van der Waals surface area contributed by atoms with Gasteiger partial charge in [0.2, 0.25) is 11.8 Å².